The Labute approximate surface area is 122 Å². The van der Waals surface area contributed by atoms with Crippen LogP contribution >= 0.6 is 11.6 Å². The lowest BCUT2D eigenvalue weighted by atomic mass is 10.0. The van der Waals surface area contributed by atoms with E-state index in [1.165, 1.54) is 44.9 Å². The average molecular weight is 286 g/mol. The third kappa shape index (κ3) is 7.03. The fraction of sp³-hybridized carbons (Fsp3) is 0.750. The van der Waals surface area contributed by atoms with Gasteiger partial charge in [0.2, 0.25) is 0 Å². The van der Waals surface area contributed by atoms with Crippen LogP contribution in [-0.4, -0.2) is 6.54 Å². The Morgan fingerprint density at radius 2 is 1.74 bits per heavy atom. The fourth-order valence-electron chi connectivity index (χ4n) is 2.41. The first-order chi connectivity index (χ1) is 9.27. The summed E-state index contributed by atoms with van der Waals surface area (Å²) in [5.41, 5.74) is 0. The molecule has 0 bridgehead atoms. The van der Waals surface area contributed by atoms with Crippen LogP contribution in [0.5, 0.6) is 0 Å². The molecule has 110 valence electrons. The Morgan fingerprint density at radius 3 is 2.32 bits per heavy atom. The molecule has 0 aliphatic heterocycles. The van der Waals surface area contributed by atoms with E-state index in [0.717, 1.165) is 18.7 Å². The van der Waals surface area contributed by atoms with E-state index in [4.69, 9.17) is 16.0 Å². The maximum absolute atomic E-state index is 5.84. The van der Waals surface area contributed by atoms with E-state index in [-0.39, 0.29) is 0 Å². The van der Waals surface area contributed by atoms with Crippen molar-refractivity contribution in [2.75, 3.05) is 6.54 Å². The van der Waals surface area contributed by atoms with Crippen molar-refractivity contribution in [2.45, 2.75) is 71.3 Å². The maximum Gasteiger partial charge on any atom is 0.193 e. The van der Waals surface area contributed by atoms with Crippen molar-refractivity contribution < 1.29 is 4.42 Å². The molecular weight excluding hydrogens is 258 g/mol. The minimum atomic E-state index is 0.313. The van der Waals surface area contributed by atoms with Gasteiger partial charge in [0.15, 0.2) is 5.22 Å². The molecule has 0 radical (unpaired) electrons. The molecule has 1 aromatic rings. The topological polar surface area (TPSA) is 25.2 Å². The molecule has 3 heteroatoms. The molecule has 0 amide bonds. The van der Waals surface area contributed by atoms with Gasteiger partial charge in [0.05, 0.1) is 6.04 Å². The summed E-state index contributed by atoms with van der Waals surface area (Å²) >= 11 is 5.84. The van der Waals surface area contributed by atoms with Crippen LogP contribution in [0.1, 0.15) is 77.0 Å². The van der Waals surface area contributed by atoms with Gasteiger partial charge in [-0.05, 0) is 36.7 Å². The number of nitrogens with one attached hydrogen (secondary N) is 1. The van der Waals surface area contributed by atoms with Crippen molar-refractivity contribution in [3.8, 4) is 0 Å². The first-order valence-electron chi connectivity index (χ1n) is 7.76. The molecule has 0 saturated carbocycles. The Morgan fingerprint density at radius 1 is 1.05 bits per heavy atom. The molecule has 1 atom stereocenters. The molecule has 0 spiro atoms. The van der Waals surface area contributed by atoms with E-state index < -0.39 is 0 Å². The molecule has 1 heterocycles. The molecule has 0 saturated heterocycles. The number of hydrogen-bond acceptors (Lipinski definition) is 2. The highest BCUT2D eigenvalue weighted by molar-refractivity contribution is 6.28. The van der Waals surface area contributed by atoms with Crippen LogP contribution < -0.4 is 5.32 Å². The van der Waals surface area contributed by atoms with Crippen LogP contribution in [0.4, 0.5) is 0 Å². The van der Waals surface area contributed by atoms with Crippen LogP contribution in [0.2, 0.25) is 5.22 Å². The second-order valence-corrected chi connectivity index (χ2v) is 5.53. The zero-order valence-corrected chi connectivity index (χ0v) is 13.1. The van der Waals surface area contributed by atoms with E-state index in [0.29, 0.717) is 11.3 Å². The predicted octanol–water partition coefficient (Wildman–Crippen LogP) is 5.72. The van der Waals surface area contributed by atoms with E-state index in [1.807, 2.05) is 12.1 Å². The van der Waals surface area contributed by atoms with Crippen molar-refractivity contribution in [3.05, 3.63) is 23.1 Å². The van der Waals surface area contributed by atoms with Crippen molar-refractivity contribution in [3.63, 3.8) is 0 Å². The molecular formula is C16H28ClNO. The van der Waals surface area contributed by atoms with Crippen molar-refractivity contribution in [2.24, 2.45) is 0 Å². The molecule has 1 rings (SSSR count). The summed E-state index contributed by atoms with van der Waals surface area (Å²) in [6.07, 6.45) is 10.5. The minimum absolute atomic E-state index is 0.313. The van der Waals surface area contributed by atoms with Gasteiger partial charge in [-0.3, -0.25) is 0 Å². The summed E-state index contributed by atoms with van der Waals surface area (Å²) < 4.78 is 5.51. The molecule has 0 aliphatic carbocycles. The SMILES string of the molecule is CCCCCCCCCC(NCC)c1ccc(Cl)o1. The van der Waals surface area contributed by atoms with Crippen LogP contribution in [0.25, 0.3) is 0 Å². The number of rotatable bonds is 11. The molecule has 0 aliphatic rings. The minimum Gasteiger partial charge on any atom is -0.448 e. The van der Waals surface area contributed by atoms with Gasteiger partial charge < -0.3 is 9.73 Å². The van der Waals surface area contributed by atoms with Crippen LogP contribution in [0.15, 0.2) is 16.5 Å². The average Bonchev–Trinajstić information content (AvgIpc) is 2.83. The monoisotopic (exact) mass is 285 g/mol. The second kappa shape index (κ2) is 10.3. The third-order valence-electron chi connectivity index (χ3n) is 3.48. The Bertz CT molecular complexity index is 324. The normalized spacial score (nSPS) is 12.8. The molecule has 0 aromatic carbocycles. The molecule has 1 N–H and O–H groups in total. The molecule has 0 fully saturated rings. The zero-order valence-electron chi connectivity index (χ0n) is 12.4. The summed E-state index contributed by atoms with van der Waals surface area (Å²) in [6.45, 7) is 5.34. The highest BCUT2D eigenvalue weighted by Crippen LogP contribution is 2.24. The van der Waals surface area contributed by atoms with Gasteiger partial charge in [0.1, 0.15) is 5.76 Å². The molecule has 19 heavy (non-hydrogen) atoms. The number of halogens is 1. The Balaban J connectivity index is 2.19. The van der Waals surface area contributed by atoms with E-state index in [1.54, 1.807) is 0 Å². The molecule has 2 nitrogen and oxygen atoms in total. The summed E-state index contributed by atoms with van der Waals surface area (Å²) in [6, 6.07) is 4.12. The van der Waals surface area contributed by atoms with E-state index >= 15 is 0 Å². The highest BCUT2D eigenvalue weighted by Gasteiger charge is 2.13. The van der Waals surface area contributed by atoms with Gasteiger partial charge in [0.25, 0.3) is 0 Å². The lowest BCUT2D eigenvalue weighted by Gasteiger charge is -2.15. The van der Waals surface area contributed by atoms with Crippen LogP contribution in [0.3, 0.4) is 0 Å². The third-order valence-corrected chi connectivity index (χ3v) is 3.69. The first kappa shape index (κ1) is 16.6. The lowest BCUT2D eigenvalue weighted by Crippen LogP contribution is -2.20. The summed E-state index contributed by atoms with van der Waals surface area (Å²) in [4.78, 5) is 0. The van der Waals surface area contributed by atoms with Crippen molar-refractivity contribution >= 4 is 11.6 Å². The lowest BCUT2D eigenvalue weighted by molar-refractivity contribution is 0.389. The van der Waals surface area contributed by atoms with E-state index in [2.05, 4.69) is 19.2 Å². The maximum atomic E-state index is 5.84. The summed E-state index contributed by atoms with van der Waals surface area (Å²) in [5.74, 6) is 0.970. The number of hydrogen-bond donors (Lipinski definition) is 1. The van der Waals surface area contributed by atoms with Gasteiger partial charge in [-0.2, -0.15) is 0 Å². The van der Waals surface area contributed by atoms with Gasteiger partial charge in [-0.15, -0.1) is 0 Å². The predicted molar refractivity (Wildman–Crippen MR) is 82.7 cm³/mol. The Kier molecular flexibility index (Phi) is 9.02. The van der Waals surface area contributed by atoms with Crippen molar-refractivity contribution in [1.82, 2.24) is 5.32 Å². The van der Waals surface area contributed by atoms with Crippen LogP contribution in [0, 0.1) is 0 Å². The quantitative estimate of drug-likeness (QED) is 0.526. The molecule has 1 unspecified atom stereocenters. The van der Waals surface area contributed by atoms with Gasteiger partial charge in [-0.25, -0.2) is 0 Å². The van der Waals surface area contributed by atoms with Crippen molar-refractivity contribution in [1.29, 1.82) is 0 Å². The first-order valence-corrected chi connectivity index (χ1v) is 8.14. The standard InChI is InChI=1S/C16H28ClNO/c1-3-5-6-7-8-9-10-11-14(18-4-2)15-12-13-16(17)19-15/h12-14,18H,3-11H2,1-2H3. The van der Waals surface area contributed by atoms with Gasteiger partial charge in [-0.1, -0.05) is 58.8 Å². The second-order valence-electron chi connectivity index (χ2n) is 5.16. The smallest absolute Gasteiger partial charge is 0.193 e. The highest BCUT2D eigenvalue weighted by atomic mass is 35.5. The fourth-order valence-corrected chi connectivity index (χ4v) is 2.56. The Hall–Kier alpha value is -0.470. The summed E-state index contributed by atoms with van der Waals surface area (Å²) in [5, 5.41) is 3.95. The van der Waals surface area contributed by atoms with Gasteiger partial charge >= 0.3 is 0 Å². The number of unbranched alkanes of at least 4 members (excludes halogenated alkanes) is 6. The van der Waals surface area contributed by atoms with E-state index in [9.17, 15) is 0 Å². The largest absolute Gasteiger partial charge is 0.448 e. The van der Waals surface area contributed by atoms with Gasteiger partial charge in [0, 0.05) is 0 Å². The van der Waals surface area contributed by atoms with Crippen LogP contribution in [-0.2, 0) is 0 Å². The number of furan rings is 1. The summed E-state index contributed by atoms with van der Waals surface area (Å²) in [7, 11) is 0. The zero-order chi connectivity index (χ0) is 13.9. The molecule has 1 aromatic heterocycles.